The van der Waals surface area contributed by atoms with Crippen molar-refractivity contribution in [3.05, 3.63) is 103 Å². The van der Waals surface area contributed by atoms with Crippen molar-refractivity contribution in [2.24, 2.45) is 0 Å². The van der Waals surface area contributed by atoms with E-state index in [0.717, 1.165) is 15.6 Å². The van der Waals surface area contributed by atoms with E-state index < -0.39 is 11.9 Å². The summed E-state index contributed by atoms with van der Waals surface area (Å²) in [6.07, 6.45) is 0. The van der Waals surface area contributed by atoms with Gasteiger partial charge in [0.25, 0.3) is 5.91 Å². The Hall–Kier alpha value is -3.09. The summed E-state index contributed by atoms with van der Waals surface area (Å²) in [6.45, 7) is 1.89. The van der Waals surface area contributed by atoms with Crippen LogP contribution in [-0.2, 0) is 0 Å². The van der Waals surface area contributed by atoms with Crippen LogP contribution < -0.4 is 15.1 Å². The van der Waals surface area contributed by atoms with E-state index in [-0.39, 0.29) is 11.2 Å². The molecule has 32 heavy (non-hydrogen) atoms. The van der Waals surface area contributed by atoms with Gasteiger partial charge >= 0.3 is 0 Å². The second-order valence-corrected chi connectivity index (χ2v) is 8.93. The second kappa shape index (κ2) is 7.80. The summed E-state index contributed by atoms with van der Waals surface area (Å²) >= 11 is 9.79. The number of carbonyl (C=O) groups excluding carboxylic acids is 1. The van der Waals surface area contributed by atoms with Gasteiger partial charge in [0.2, 0.25) is 5.76 Å². The molecule has 1 amide bonds. The van der Waals surface area contributed by atoms with Crippen molar-refractivity contribution >= 4 is 50.1 Å². The fourth-order valence-electron chi connectivity index (χ4n) is 4.07. The maximum Gasteiger partial charge on any atom is 0.295 e. The number of hydrogen-bond acceptors (Lipinski definition) is 4. The van der Waals surface area contributed by atoms with Crippen molar-refractivity contribution in [2.45, 2.75) is 13.0 Å². The number of nitrogens with zero attached hydrogens (tertiary/aromatic N) is 1. The van der Waals surface area contributed by atoms with Crippen molar-refractivity contribution in [2.75, 3.05) is 12.0 Å². The van der Waals surface area contributed by atoms with E-state index in [9.17, 15) is 9.59 Å². The van der Waals surface area contributed by atoms with Crippen LogP contribution in [0.2, 0.25) is 5.02 Å². The number of methoxy groups -OCH3 is 1. The molecule has 5 nitrogen and oxygen atoms in total. The minimum Gasteiger partial charge on any atom is -0.497 e. The van der Waals surface area contributed by atoms with Crippen molar-refractivity contribution in [3.63, 3.8) is 0 Å². The van der Waals surface area contributed by atoms with Gasteiger partial charge in [-0.15, -0.1) is 0 Å². The molecule has 2 heterocycles. The van der Waals surface area contributed by atoms with Gasteiger partial charge in [-0.1, -0.05) is 45.7 Å². The Labute approximate surface area is 197 Å². The van der Waals surface area contributed by atoms with E-state index in [1.807, 2.05) is 43.3 Å². The Kier molecular flexibility index (Phi) is 5.07. The first-order valence-corrected chi connectivity index (χ1v) is 11.1. The van der Waals surface area contributed by atoms with Crippen LogP contribution >= 0.6 is 27.5 Å². The predicted molar refractivity (Wildman–Crippen MR) is 128 cm³/mol. The number of fused-ring (bicyclic) bond motifs is 2. The van der Waals surface area contributed by atoms with E-state index in [0.29, 0.717) is 33.0 Å². The zero-order chi connectivity index (χ0) is 22.6. The number of halogens is 2. The van der Waals surface area contributed by atoms with Crippen molar-refractivity contribution < 1.29 is 13.9 Å². The van der Waals surface area contributed by atoms with Crippen molar-refractivity contribution in [1.82, 2.24) is 0 Å². The Bertz CT molecular complexity index is 1460. The van der Waals surface area contributed by atoms with Gasteiger partial charge in [-0.05, 0) is 60.5 Å². The van der Waals surface area contributed by atoms with Gasteiger partial charge in [0.05, 0.1) is 24.1 Å². The average molecular weight is 511 g/mol. The van der Waals surface area contributed by atoms with Gasteiger partial charge in [-0.25, -0.2) is 0 Å². The van der Waals surface area contributed by atoms with Crippen LogP contribution in [0.1, 0.15) is 33.3 Å². The molecule has 160 valence electrons. The Morgan fingerprint density at radius 2 is 1.88 bits per heavy atom. The summed E-state index contributed by atoms with van der Waals surface area (Å²) in [6, 6.07) is 17.2. The van der Waals surface area contributed by atoms with Crippen LogP contribution in [0.25, 0.3) is 11.0 Å². The van der Waals surface area contributed by atoms with Crippen LogP contribution in [0.4, 0.5) is 5.69 Å². The number of ether oxygens (including phenoxy) is 1. The SMILES string of the molecule is COc1cccc(C2c3c(oc4ccc(Br)cc4c3=O)C(=O)N2c2ccc(C)c(Cl)c2)c1. The molecule has 1 aliphatic rings. The summed E-state index contributed by atoms with van der Waals surface area (Å²) in [5, 5.41) is 0.937. The summed E-state index contributed by atoms with van der Waals surface area (Å²) < 4.78 is 12.1. The molecule has 1 atom stereocenters. The molecule has 1 aliphatic heterocycles. The molecule has 7 heteroatoms. The van der Waals surface area contributed by atoms with E-state index in [1.54, 1.807) is 36.3 Å². The number of anilines is 1. The summed E-state index contributed by atoms with van der Waals surface area (Å²) in [5.41, 5.74) is 2.61. The van der Waals surface area contributed by atoms with Crippen molar-refractivity contribution in [3.8, 4) is 5.75 Å². The minimum absolute atomic E-state index is 0.0364. The maximum atomic E-state index is 13.6. The molecular weight excluding hydrogens is 494 g/mol. The molecule has 0 radical (unpaired) electrons. The first kappa shape index (κ1) is 20.8. The highest BCUT2D eigenvalue weighted by Crippen LogP contribution is 2.42. The Balaban J connectivity index is 1.82. The monoisotopic (exact) mass is 509 g/mol. The quantitative estimate of drug-likeness (QED) is 0.326. The van der Waals surface area contributed by atoms with E-state index in [2.05, 4.69) is 15.9 Å². The summed E-state index contributed by atoms with van der Waals surface area (Å²) in [4.78, 5) is 28.8. The van der Waals surface area contributed by atoms with Gasteiger partial charge in [-0.3, -0.25) is 14.5 Å². The highest BCUT2D eigenvalue weighted by molar-refractivity contribution is 9.10. The Morgan fingerprint density at radius 3 is 2.62 bits per heavy atom. The van der Waals surface area contributed by atoms with Gasteiger partial charge in [0.15, 0.2) is 5.43 Å². The highest BCUT2D eigenvalue weighted by Gasteiger charge is 2.43. The lowest BCUT2D eigenvalue weighted by atomic mass is 9.98. The first-order chi connectivity index (χ1) is 15.4. The van der Waals surface area contributed by atoms with Crippen LogP contribution in [0.15, 0.2) is 74.3 Å². The minimum atomic E-state index is -0.689. The fourth-order valence-corrected chi connectivity index (χ4v) is 4.61. The third-order valence-corrected chi connectivity index (χ3v) is 6.58. The van der Waals surface area contributed by atoms with E-state index in [1.165, 1.54) is 0 Å². The van der Waals surface area contributed by atoms with Gasteiger partial charge in [0, 0.05) is 15.2 Å². The number of rotatable bonds is 3. The largest absolute Gasteiger partial charge is 0.497 e. The third kappa shape index (κ3) is 3.22. The van der Waals surface area contributed by atoms with Crippen LogP contribution in [0, 0.1) is 6.92 Å². The molecule has 0 saturated carbocycles. The van der Waals surface area contributed by atoms with Crippen LogP contribution in [-0.4, -0.2) is 13.0 Å². The molecular formula is C25H17BrClNO4. The molecule has 0 bridgehead atoms. The number of carbonyl (C=O) groups is 1. The summed E-state index contributed by atoms with van der Waals surface area (Å²) in [5.74, 6) is 0.266. The zero-order valence-electron chi connectivity index (χ0n) is 17.2. The predicted octanol–water partition coefficient (Wildman–Crippen LogP) is 6.28. The van der Waals surface area contributed by atoms with Crippen molar-refractivity contribution in [1.29, 1.82) is 0 Å². The number of hydrogen-bond donors (Lipinski definition) is 0. The normalized spacial score (nSPS) is 15.3. The summed E-state index contributed by atoms with van der Waals surface area (Å²) in [7, 11) is 1.57. The Morgan fingerprint density at radius 1 is 1.06 bits per heavy atom. The van der Waals surface area contributed by atoms with Crippen LogP contribution in [0.3, 0.4) is 0 Å². The molecule has 1 unspecified atom stereocenters. The molecule has 5 rings (SSSR count). The second-order valence-electron chi connectivity index (χ2n) is 7.60. The fraction of sp³-hybridized carbons (Fsp3) is 0.120. The number of aryl methyl sites for hydroxylation is 1. The topological polar surface area (TPSA) is 59.8 Å². The lowest BCUT2D eigenvalue weighted by Crippen LogP contribution is -2.29. The molecule has 0 fully saturated rings. The molecule has 0 spiro atoms. The van der Waals surface area contributed by atoms with Gasteiger partial charge in [-0.2, -0.15) is 0 Å². The molecule has 3 aromatic carbocycles. The molecule has 0 N–H and O–H groups in total. The maximum absolute atomic E-state index is 13.6. The lowest BCUT2D eigenvalue weighted by molar-refractivity contribution is 0.0971. The van der Waals surface area contributed by atoms with Gasteiger partial charge in [0.1, 0.15) is 11.3 Å². The molecule has 1 aromatic heterocycles. The van der Waals surface area contributed by atoms with Gasteiger partial charge < -0.3 is 9.15 Å². The average Bonchev–Trinajstić information content (AvgIpc) is 3.09. The first-order valence-electron chi connectivity index (χ1n) is 9.89. The van der Waals surface area contributed by atoms with E-state index in [4.69, 9.17) is 20.8 Å². The molecule has 4 aromatic rings. The standard InChI is InChI=1S/C25H17BrClNO4/c1-13-6-8-16(12-19(13)27)28-22(14-4-3-5-17(10-14)31-2)21-23(29)18-11-15(26)7-9-20(18)32-24(21)25(28)30/h3-12,22H,1-2H3. The lowest BCUT2D eigenvalue weighted by Gasteiger charge is -2.26. The number of amides is 1. The molecule has 0 saturated heterocycles. The van der Waals surface area contributed by atoms with E-state index >= 15 is 0 Å². The van der Waals surface area contributed by atoms with Crippen LogP contribution in [0.5, 0.6) is 5.75 Å². The highest BCUT2D eigenvalue weighted by atomic mass is 79.9. The molecule has 0 aliphatic carbocycles. The number of benzene rings is 3. The zero-order valence-corrected chi connectivity index (χ0v) is 19.5. The smallest absolute Gasteiger partial charge is 0.295 e. The third-order valence-electron chi connectivity index (χ3n) is 5.68.